The summed E-state index contributed by atoms with van der Waals surface area (Å²) in [7, 11) is 3.22. The van der Waals surface area contributed by atoms with E-state index in [1.165, 1.54) is 12.7 Å². The summed E-state index contributed by atoms with van der Waals surface area (Å²) < 4.78 is 13.3. The molecule has 0 aliphatic carbocycles. The van der Waals surface area contributed by atoms with Crippen LogP contribution in [0.5, 0.6) is 0 Å². The van der Waals surface area contributed by atoms with Crippen LogP contribution in [0.15, 0.2) is 42.5 Å². The van der Waals surface area contributed by atoms with E-state index in [9.17, 15) is 4.79 Å². The molecule has 32 heavy (non-hydrogen) atoms. The van der Waals surface area contributed by atoms with Crippen molar-refractivity contribution in [2.24, 2.45) is 0 Å². The number of carbonyl (C=O) groups is 1. The van der Waals surface area contributed by atoms with Gasteiger partial charge < -0.3 is 19.4 Å². The molecule has 1 amide bonds. The van der Waals surface area contributed by atoms with Crippen LogP contribution in [-0.2, 0) is 22.3 Å². The van der Waals surface area contributed by atoms with Crippen LogP contribution in [0.4, 0.5) is 10.5 Å². The van der Waals surface area contributed by atoms with Crippen LogP contribution < -0.4 is 10.2 Å². The molecule has 0 spiro atoms. The third-order valence-electron chi connectivity index (χ3n) is 6.74. The van der Waals surface area contributed by atoms with E-state index in [0.29, 0.717) is 6.54 Å². The fourth-order valence-electron chi connectivity index (χ4n) is 5.21. The molecule has 3 aromatic rings. The molecule has 2 aromatic carbocycles. The Hall–Kier alpha value is -2.90. The monoisotopic (exact) mass is 434 g/mol. The largest absolute Gasteiger partial charge is 0.452 e. The van der Waals surface area contributed by atoms with Gasteiger partial charge in [0.05, 0.1) is 36.0 Å². The van der Waals surface area contributed by atoms with Crippen molar-refractivity contribution in [3.05, 3.63) is 59.4 Å². The van der Waals surface area contributed by atoms with Gasteiger partial charge >= 0.3 is 6.09 Å². The van der Waals surface area contributed by atoms with Crippen LogP contribution in [0, 0.1) is 0 Å². The molecule has 2 aliphatic rings. The number of carbonyl (C=O) groups excluding carboxylic acids is 1. The number of amides is 1. The average Bonchev–Trinajstić information content (AvgIpc) is 3.21. The number of benzene rings is 2. The van der Waals surface area contributed by atoms with Gasteiger partial charge in [-0.25, -0.2) is 9.78 Å². The third-order valence-corrected chi connectivity index (χ3v) is 6.74. The number of methoxy groups -OCH3 is 2. The Morgan fingerprint density at radius 3 is 2.81 bits per heavy atom. The van der Waals surface area contributed by atoms with E-state index in [4.69, 9.17) is 14.5 Å². The maximum absolute atomic E-state index is 12.4. The number of hydrogen-bond donors (Lipinski definition) is 1. The van der Waals surface area contributed by atoms with Gasteiger partial charge in [-0.05, 0) is 43.5 Å². The van der Waals surface area contributed by atoms with E-state index in [2.05, 4.69) is 46.3 Å². The van der Waals surface area contributed by atoms with Crippen LogP contribution in [0.2, 0.25) is 0 Å². The molecule has 2 aliphatic heterocycles. The third kappa shape index (κ3) is 3.65. The predicted octanol–water partition coefficient (Wildman–Crippen LogP) is 3.70. The van der Waals surface area contributed by atoms with E-state index in [0.717, 1.165) is 66.9 Å². The Balaban J connectivity index is 1.67. The number of anilines is 1. The van der Waals surface area contributed by atoms with E-state index in [1.54, 1.807) is 12.0 Å². The number of fused-ring (bicyclic) bond motifs is 3. The number of aromatic nitrogens is 2. The molecule has 3 heterocycles. The molecule has 1 saturated heterocycles. The summed E-state index contributed by atoms with van der Waals surface area (Å²) in [6, 6.07) is 14.9. The highest BCUT2D eigenvalue weighted by molar-refractivity contribution is 5.95. The normalized spacial score (nSPS) is 20.9. The summed E-state index contributed by atoms with van der Waals surface area (Å²) in [6.07, 6.45) is 3.31. The minimum absolute atomic E-state index is 0.0817. The standard InChI is InChI=1S/C25H30N4O3/c1-31-22-16-26-13-12-20(22)29-21-11-10-19-18(9-6-14-28(19)25(30)32-2)24(21)27-23(29)15-17-7-4-3-5-8-17/h3-5,7-8,10-11,20,22,26H,6,9,12-16H2,1-2H3/t20-,22+/m1/s1. The van der Waals surface area contributed by atoms with Crippen molar-refractivity contribution < 1.29 is 14.3 Å². The second-order valence-corrected chi connectivity index (χ2v) is 8.55. The summed E-state index contributed by atoms with van der Waals surface area (Å²) in [5.74, 6) is 1.05. The molecular formula is C25H30N4O3. The van der Waals surface area contributed by atoms with Crippen LogP contribution in [-0.4, -0.2) is 55.6 Å². The lowest BCUT2D eigenvalue weighted by Crippen LogP contribution is -2.43. The quantitative estimate of drug-likeness (QED) is 0.678. The number of aryl methyl sites for hydroxylation is 1. The summed E-state index contributed by atoms with van der Waals surface area (Å²) >= 11 is 0. The zero-order valence-electron chi connectivity index (χ0n) is 18.7. The van der Waals surface area contributed by atoms with Gasteiger partial charge in [-0.2, -0.15) is 0 Å². The first-order valence-corrected chi connectivity index (χ1v) is 11.4. The fraction of sp³-hybridized carbons (Fsp3) is 0.440. The van der Waals surface area contributed by atoms with Crippen molar-refractivity contribution in [1.29, 1.82) is 0 Å². The molecule has 2 atom stereocenters. The van der Waals surface area contributed by atoms with Crippen molar-refractivity contribution >= 4 is 22.8 Å². The molecular weight excluding hydrogens is 404 g/mol. The molecule has 0 saturated carbocycles. The molecule has 1 fully saturated rings. The van der Waals surface area contributed by atoms with Crippen molar-refractivity contribution in [3.8, 4) is 0 Å². The number of piperidine rings is 1. The minimum Gasteiger partial charge on any atom is -0.452 e. The maximum Gasteiger partial charge on any atom is 0.414 e. The minimum atomic E-state index is -0.313. The molecule has 5 rings (SSSR count). The van der Waals surface area contributed by atoms with Gasteiger partial charge in [-0.15, -0.1) is 0 Å². The summed E-state index contributed by atoms with van der Waals surface area (Å²) in [6.45, 7) is 2.45. The zero-order valence-corrected chi connectivity index (χ0v) is 18.7. The predicted molar refractivity (Wildman–Crippen MR) is 124 cm³/mol. The summed E-state index contributed by atoms with van der Waals surface area (Å²) in [5, 5.41) is 3.45. The lowest BCUT2D eigenvalue weighted by Gasteiger charge is -2.34. The Morgan fingerprint density at radius 2 is 2.03 bits per heavy atom. The fourth-order valence-corrected chi connectivity index (χ4v) is 5.21. The first-order chi connectivity index (χ1) is 15.7. The Labute approximate surface area is 188 Å². The van der Waals surface area contributed by atoms with Gasteiger partial charge in [-0.1, -0.05) is 30.3 Å². The van der Waals surface area contributed by atoms with Crippen LogP contribution in [0.1, 0.15) is 35.8 Å². The molecule has 0 radical (unpaired) electrons. The lowest BCUT2D eigenvalue weighted by molar-refractivity contribution is 0.0396. The highest BCUT2D eigenvalue weighted by atomic mass is 16.5. The SMILES string of the molecule is COC(=O)N1CCCc2c1ccc1c2nc(Cc2ccccc2)n1[C@@H]1CCNC[C@@H]1OC. The van der Waals surface area contributed by atoms with Crippen molar-refractivity contribution in [1.82, 2.24) is 14.9 Å². The second kappa shape index (κ2) is 8.92. The molecule has 7 heteroatoms. The maximum atomic E-state index is 12.4. The van der Waals surface area contributed by atoms with Crippen molar-refractivity contribution in [2.45, 2.75) is 37.8 Å². The van der Waals surface area contributed by atoms with Crippen LogP contribution in [0.3, 0.4) is 0 Å². The smallest absolute Gasteiger partial charge is 0.414 e. The van der Waals surface area contributed by atoms with Gasteiger partial charge in [0.1, 0.15) is 5.82 Å². The molecule has 1 aromatic heterocycles. The topological polar surface area (TPSA) is 68.6 Å². The van der Waals surface area contributed by atoms with Crippen molar-refractivity contribution in [2.75, 3.05) is 38.8 Å². The van der Waals surface area contributed by atoms with Gasteiger partial charge in [-0.3, -0.25) is 4.90 Å². The first kappa shape index (κ1) is 21.0. The highest BCUT2D eigenvalue weighted by Gasteiger charge is 2.32. The van der Waals surface area contributed by atoms with Gasteiger partial charge in [0.15, 0.2) is 0 Å². The Morgan fingerprint density at radius 1 is 1.19 bits per heavy atom. The Kier molecular flexibility index (Phi) is 5.85. The number of imidazole rings is 1. The first-order valence-electron chi connectivity index (χ1n) is 11.4. The molecule has 0 bridgehead atoms. The zero-order chi connectivity index (χ0) is 22.1. The van der Waals surface area contributed by atoms with Gasteiger partial charge in [0.25, 0.3) is 0 Å². The molecule has 7 nitrogen and oxygen atoms in total. The van der Waals surface area contributed by atoms with Crippen LogP contribution >= 0.6 is 0 Å². The van der Waals surface area contributed by atoms with E-state index >= 15 is 0 Å². The average molecular weight is 435 g/mol. The van der Waals surface area contributed by atoms with Crippen molar-refractivity contribution in [3.63, 3.8) is 0 Å². The molecule has 0 unspecified atom stereocenters. The molecule has 168 valence electrons. The van der Waals surface area contributed by atoms with E-state index in [1.807, 2.05) is 6.07 Å². The highest BCUT2D eigenvalue weighted by Crippen LogP contribution is 2.37. The van der Waals surface area contributed by atoms with E-state index in [-0.39, 0.29) is 18.2 Å². The van der Waals surface area contributed by atoms with Crippen LogP contribution in [0.25, 0.3) is 11.0 Å². The number of rotatable bonds is 4. The van der Waals surface area contributed by atoms with E-state index < -0.39 is 0 Å². The summed E-state index contributed by atoms with van der Waals surface area (Å²) in [5.41, 5.74) is 5.40. The van der Waals surface area contributed by atoms with Gasteiger partial charge in [0, 0.05) is 32.2 Å². The lowest BCUT2D eigenvalue weighted by atomic mass is 9.99. The van der Waals surface area contributed by atoms with Gasteiger partial charge in [0.2, 0.25) is 0 Å². The second-order valence-electron chi connectivity index (χ2n) is 8.55. The number of ether oxygens (including phenoxy) is 2. The summed E-state index contributed by atoms with van der Waals surface area (Å²) in [4.78, 5) is 19.3. The number of nitrogens with zero attached hydrogens (tertiary/aromatic N) is 3. The number of hydrogen-bond acceptors (Lipinski definition) is 5. The molecule has 1 N–H and O–H groups in total. The Bertz CT molecular complexity index is 1110. The number of nitrogens with one attached hydrogen (secondary N) is 1.